The van der Waals surface area contributed by atoms with Gasteiger partial charge < -0.3 is 11.1 Å². The Morgan fingerprint density at radius 2 is 1.84 bits per heavy atom. The molecule has 19 heavy (non-hydrogen) atoms. The van der Waals surface area contributed by atoms with Crippen LogP contribution in [0, 0.1) is 0 Å². The summed E-state index contributed by atoms with van der Waals surface area (Å²) < 4.78 is 0. The quantitative estimate of drug-likeness (QED) is 0.823. The molecule has 0 bridgehead atoms. The van der Waals surface area contributed by atoms with Crippen molar-refractivity contribution in [1.82, 2.24) is 9.97 Å². The first kappa shape index (κ1) is 12.0. The molecule has 0 unspecified atom stereocenters. The summed E-state index contributed by atoms with van der Waals surface area (Å²) in [4.78, 5) is 8.77. The number of hydrogen-bond donors (Lipinski definition) is 2. The summed E-state index contributed by atoms with van der Waals surface area (Å²) >= 11 is 0. The van der Waals surface area contributed by atoms with Gasteiger partial charge >= 0.3 is 0 Å². The minimum absolute atomic E-state index is 0.618. The fourth-order valence-electron chi connectivity index (χ4n) is 2.62. The van der Waals surface area contributed by atoms with E-state index in [4.69, 9.17) is 5.73 Å². The monoisotopic (exact) mass is 254 g/mol. The van der Waals surface area contributed by atoms with Crippen molar-refractivity contribution in [3.8, 4) is 0 Å². The molecule has 1 aliphatic carbocycles. The van der Waals surface area contributed by atoms with Gasteiger partial charge in [-0.05, 0) is 42.5 Å². The fraction of sp³-hybridized carbons (Fsp3) is 0.333. The lowest BCUT2D eigenvalue weighted by atomic mass is 10.0. The fourth-order valence-corrected chi connectivity index (χ4v) is 2.62. The Morgan fingerprint density at radius 3 is 2.53 bits per heavy atom. The van der Waals surface area contributed by atoms with Gasteiger partial charge in [-0.1, -0.05) is 18.9 Å². The minimum Gasteiger partial charge on any atom is -0.399 e. The Morgan fingerprint density at radius 1 is 1.11 bits per heavy atom. The molecule has 4 heteroatoms. The maximum atomic E-state index is 5.74. The first-order chi connectivity index (χ1) is 9.31. The second-order valence-electron chi connectivity index (χ2n) is 5.07. The number of rotatable bonds is 3. The van der Waals surface area contributed by atoms with Crippen LogP contribution >= 0.6 is 0 Å². The van der Waals surface area contributed by atoms with Crippen molar-refractivity contribution in [2.75, 3.05) is 11.1 Å². The van der Waals surface area contributed by atoms with Crippen molar-refractivity contribution in [2.24, 2.45) is 0 Å². The highest BCUT2D eigenvalue weighted by Crippen LogP contribution is 2.33. The highest BCUT2D eigenvalue weighted by molar-refractivity contribution is 5.59. The van der Waals surface area contributed by atoms with Crippen molar-refractivity contribution in [3.05, 3.63) is 42.2 Å². The summed E-state index contributed by atoms with van der Waals surface area (Å²) in [5.74, 6) is 1.27. The minimum atomic E-state index is 0.618. The largest absolute Gasteiger partial charge is 0.399 e. The Balaban J connectivity index is 1.72. The topological polar surface area (TPSA) is 63.8 Å². The number of nitrogens with two attached hydrogens (primary N) is 1. The molecule has 0 atom stereocenters. The third kappa shape index (κ3) is 2.84. The Kier molecular flexibility index (Phi) is 3.31. The van der Waals surface area contributed by atoms with Crippen molar-refractivity contribution in [3.63, 3.8) is 0 Å². The molecule has 1 aromatic heterocycles. The molecule has 0 spiro atoms. The molecular formula is C15H18N4. The van der Waals surface area contributed by atoms with E-state index in [0.717, 1.165) is 11.4 Å². The molecule has 1 aromatic carbocycles. The molecule has 1 fully saturated rings. The van der Waals surface area contributed by atoms with Gasteiger partial charge in [0, 0.05) is 23.8 Å². The highest BCUT2D eigenvalue weighted by atomic mass is 15.1. The maximum absolute atomic E-state index is 5.74. The van der Waals surface area contributed by atoms with Gasteiger partial charge in [-0.3, -0.25) is 0 Å². The van der Waals surface area contributed by atoms with Crippen LogP contribution in [0.1, 0.15) is 37.2 Å². The third-order valence-corrected chi connectivity index (χ3v) is 3.64. The Bertz CT molecular complexity index is 544. The van der Waals surface area contributed by atoms with Crippen LogP contribution in [0.5, 0.6) is 0 Å². The molecule has 2 aromatic rings. The number of nitrogens with one attached hydrogen (secondary N) is 1. The average Bonchev–Trinajstić information content (AvgIpc) is 2.94. The number of nitrogen functional groups attached to an aromatic ring is 1. The van der Waals surface area contributed by atoms with Crippen molar-refractivity contribution in [2.45, 2.75) is 31.6 Å². The third-order valence-electron chi connectivity index (χ3n) is 3.64. The zero-order valence-corrected chi connectivity index (χ0v) is 10.8. The number of nitrogens with zero attached hydrogens (tertiary/aromatic N) is 2. The van der Waals surface area contributed by atoms with E-state index >= 15 is 0 Å². The van der Waals surface area contributed by atoms with E-state index in [1.807, 2.05) is 36.7 Å². The molecule has 0 saturated heterocycles. The first-order valence-corrected chi connectivity index (χ1v) is 6.76. The van der Waals surface area contributed by atoms with Gasteiger partial charge in [0.25, 0.3) is 0 Å². The molecule has 1 aliphatic rings. The molecule has 0 amide bonds. The van der Waals surface area contributed by atoms with Gasteiger partial charge in [0.15, 0.2) is 0 Å². The van der Waals surface area contributed by atoms with Crippen LogP contribution in [0.15, 0.2) is 36.7 Å². The van der Waals surface area contributed by atoms with Crippen LogP contribution in [0.3, 0.4) is 0 Å². The second-order valence-corrected chi connectivity index (χ2v) is 5.07. The number of anilines is 3. The van der Waals surface area contributed by atoms with Crippen LogP contribution in [-0.2, 0) is 0 Å². The van der Waals surface area contributed by atoms with E-state index in [1.165, 1.54) is 31.2 Å². The summed E-state index contributed by atoms with van der Waals surface area (Å²) in [5, 5.41) is 3.16. The van der Waals surface area contributed by atoms with Gasteiger partial charge in [-0.15, -0.1) is 0 Å². The van der Waals surface area contributed by atoms with E-state index in [1.54, 1.807) is 0 Å². The van der Waals surface area contributed by atoms with Gasteiger partial charge in [0.2, 0.25) is 5.95 Å². The molecule has 0 aliphatic heterocycles. The standard InChI is InChI=1S/C15H18N4/c16-13-6-3-7-14(8-13)19-15-17-9-12(10-18-15)11-4-1-2-5-11/h3,6-11H,1-2,4-5,16H2,(H,17,18,19). The lowest BCUT2D eigenvalue weighted by molar-refractivity contribution is 0.714. The molecule has 4 nitrogen and oxygen atoms in total. The molecular weight excluding hydrogens is 236 g/mol. The van der Waals surface area contributed by atoms with Crippen LogP contribution < -0.4 is 11.1 Å². The van der Waals surface area contributed by atoms with Gasteiger partial charge in [0.05, 0.1) is 0 Å². The first-order valence-electron chi connectivity index (χ1n) is 6.76. The molecule has 0 radical (unpaired) electrons. The predicted molar refractivity (Wildman–Crippen MR) is 77.4 cm³/mol. The normalized spacial score (nSPS) is 15.6. The molecule has 1 saturated carbocycles. The van der Waals surface area contributed by atoms with Gasteiger partial charge in [-0.2, -0.15) is 0 Å². The Labute approximate surface area is 113 Å². The summed E-state index contributed by atoms with van der Waals surface area (Å²) in [6.45, 7) is 0. The summed E-state index contributed by atoms with van der Waals surface area (Å²) in [6, 6.07) is 7.58. The zero-order chi connectivity index (χ0) is 13.1. The molecule has 3 rings (SSSR count). The maximum Gasteiger partial charge on any atom is 0.227 e. The number of benzene rings is 1. The van der Waals surface area contributed by atoms with Gasteiger partial charge in [-0.25, -0.2) is 9.97 Å². The molecule has 3 N–H and O–H groups in total. The summed E-state index contributed by atoms with van der Waals surface area (Å²) in [5.41, 5.74) is 8.64. The summed E-state index contributed by atoms with van der Waals surface area (Å²) in [7, 11) is 0. The number of hydrogen-bond acceptors (Lipinski definition) is 4. The van der Waals surface area contributed by atoms with E-state index in [9.17, 15) is 0 Å². The zero-order valence-electron chi connectivity index (χ0n) is 10.8. The Hall–Kier alpha value is -2.10. The SMILES string of the molecule is Nc1cccc(Nc2ncc(C3CCCC3)cn2)c1. The van der Waals surface area contributed by atoms with Crippen LogP contribution in [-0.4, -0.2) is 9.97 Å². The van der Waals surface area contributed by atoms with E-state index in [0.29, 0.717) is 11.9 Å². The van der Waals surface area contributed by atoms with E-state index in [-0.39, 0.29) is 0 Å². The number of aromatic nitrogens is 2. The average molecular weight is 254 g/mol. The highest BCUT2D eigenvalue weighted by Gasteiger charge is 2.17. The van der Waals surface area contributed by atoms with Crippen molar-refractivity contribution >= 4 is 17.3 Å². The summed E-state index contributed by atoms with van der Waals surface area (Å²) in [6.07, 6.45) is 9.08. The van der Waals surface area contributed by atoms with E-state index in [2.05, 4.69) is 15.3 Å². The molecule has 98 valence electrons. The lowest BCUT2D eigenvalue weighted by Gasteiger charge is -2.09. The van der Waals surface area contributed by atoms with Crippen LogP contribution in [0.4, 0.5) is 17.3 Å². The second kappa shape index (κ2) is 5.26. The smallest absolute Gasteiger partial charge is 0.227 e. The van der Waals surface area contributed by atoms with E-state index < -0.39 is 0 Å². The van der Waals surface area contributed by atoms with Gasteiger partial charge in [0.1, 0.15) is 0 Å². The van der Waals surface area contributed by atoms with Crippen molar-refractivity contribution < 1.29 is 0 Å². The van der Waals surface area contributed by atoms with Crippen molar-refractivity contribution in [1.29, 1.82) is 0 Å². The lowest BCUT2D eigenvalue weighted by Crippen LogP contribution is -2.00. The van der Waals surface area contributed by atoms with Crippen LogP contribution in [0.25, 0.3) is 0 Å². The molecule has 1 heterocycles. The van der Waals surface area contributed by atoms with Crippen LogP contribution in [0.2, 0.25) is 0 Å². The predicted octanol–water partition coefficient (Wildman–Crippen LogP) is 3.46.